The first-order chi connectivity index (χ1) is 9.52. The number of rotatable bonds is 3. The predicted octanol–water partition coefficient (Wildman–Crippen LogP) is 0.882. The first-order valence-corrected chi connectivity index (χ1v) is 6.01. The van der Waals surface area contributed by atoms with Crippen LogP contribution in [-0.4, -0.2) is 20.8 Å². The number of benzene rings is 1. The van der Waals surface area contributed by atoms with Crippen molar-refractivity contribution in [2.75, 3.05) is 5.73 Å². The van der Waals surface area contributed by atoms with Gasteiger partial charge >= 0.3 is 5.69 Å². The van der Waals surface area contributed by atoms with E-state index < -0.39 is 17.1 Å². The number of hydrogen-bond acceptors (Lipinski definition) is 5. The van der Waals surface area contributed by atoms with Crippen molar-refractivity contribution in [3.63, 3.8) is 0 Å². The highest BCUT2D eigenvalue weighted by molar-refractivity contribution is 6.03. The fourth-order valence-corrected chi connectivity index (χ4v) is 1.79. The quantitative estimate of drug-likeness (QED) is 0.489. The summed E-state index contributed by atoms with van der Waals surface area (Å²) in [5, 5.41) is 9.73. The smallest absolute Gasteiger partial charge is 0.328 e. The van der Waals surface area contributed by atoms with E-state index in [-0.39, 0.29) is 5.56 Å². The van der Waals surface area contributed by atoms with E-state index in [1.165, 1.54) is 0 Å². The molecule has 0 atom stereocenters. The minimum Gasteiger partial charge on any atom is -0.494 e. The molecule has 0 fully saturated rings. The third-order valence-electron chi connectivity index (χ3n) is 2.74. The van der Waals surface area contributed by atoms with Gasteiger partial charge in [0.25, 0.3) is 5.56 Å². The lowest BCUT2D eigenvalue weighted by Crippen LogP contribution is -2.27. The van der Waals surface area contributed by atoms with Crippen molar-refractivity contribution in [1.82, 2.24) is 9.97 Å². The fourth-order valence-electron chi connectivity index (χ4n) is 1.79. The third-order valence-corrected chi connectivity index (χ3v) is 2.74. The molecule has 0 saturated carbocycles. The summed E-state index contributed by atoms with van der Waals surface area (Å²) in [5.74, 6) is -0.506. The van der Waals surface area contributed by atoms with Crippen LogP contribution in [0.25, 0.3) is 0 Å². The second-order valence-corrected chi connectivity index (χ2v) is 4.10. The number of hydrogen-bond donors (Lipinski definition) is 4. The van der Waals surface area contributed by atoms with E-state index in [2.05, 4.69) is 15.0 Å². The summed E-state index contributed by atoms with van der Waals surface area (Å²) in [5.41, 5.74) is 5.55. The van der Waals surface area contributed by atoms with Crippen molar-refractivity contribution in [3.8, 4) is 5.88 Å². The van der Waals surface area contributed by atoms with Crippen LogP contribution in [0.3, 0.4) is 0 Å². The summed E-state index contributed by atoms with van der Waals surface area (Å²) < 4.78 is 0. The van der Waals surface area contributed by atoms with Gasteiger partial charge in [0.1, 0.15) is 5.56 Å². The summed E-state index contributed by atoms with van der Waals surface area (Å²) in [6.45, 7) is 1.78. The van der Waals surface area contributed by atoms with Crippen LogP contribution >= 0.6 is 0 Å². The van der Waals surface area contributed by atoms with Gasteiger partial charge in [-0.15, -0.1) is 0 Å². The van der Waals surface area contributed by atoms with E-state index in [0.29, 0.717) is 23.5 Å². The molecule has 1 aromatic carbocycles. The number of H-pyrrole nitrogens is 2. The highest BCUT2D eigenvalue weighted by Gasteiger charge is 2.14. The summed E-state index contributed by atoms with van der Waals surface area (Å²) in [4.78, 5) is 31.3. The molecule has 0 spiro atoms. The summed E-state index contributed by atoms with van der Waals surface area (Å²) >= 11 is 0. The average Bonchev–Trinajstić information content (AvgIpc) is 2.38. The Bertz CT molecular complexity index is 774. The summed E-state index contributed by atoms with van der Waals surface area (Å²) in [6.07, 6.45) is 0.386. The number of para-hydroxylation sites is 2. The van der Waals surface area contributed by atoms with Gasteiger partial charge < -0.3 is 10.8 Å². The number of nitrogens with zero attached hydrogens (tertiary/aromatic N) is 1. The number of aromatic hydroxyl groups is 1. The lowest BCUT2D eigenvalue weighted by molar-refractivity contribution is 0.447. The van der Waals surface area contributed by atoms with Crippen LogP contribution in [0.4, 0.5) is 11.4 Å². The Hall–Kier alpha value is -2.83. The van der Waals surface area contributed by atoms with Crippen molar-refractivity contribution in [3.05, 3.63) is 50.7 Å². The normalized spacial score (nSPS) is 11.6. The second-order valence-electron chi connectivity index (χ2n) is 4.10. The van der Waals surface area contributed by atoms with Gasteiger partial charge in [0, 0.05) is 0 Å². The molecule has 7 heteroatoms. The zero-order chi connectivity index (χ0) is 14.7. The van der Waals surface area contributed by atoms with Gasteiger partial charge in [-0.2, -0.15) is 0 Å². The highest BCUT2D eigenvalue weighted by atomic mass is 16.3. The van der Waals surface area contributed by atoms with Crippen molar-refractivity contribution in [1.29, 1.82) is 0 Å². The number of nitrogen functional groups attached to an aromatic ring is 1. The fraction of sp³-hybridized carbons (Fsp3) is 0.154. The molecule has 0 bridgehead atoms. The maximum Gasteiger partial charge on any atom is 0.328 e. The van der Waals surface area contributed by atoms with E-state index in [9.17, 15) is 14.7 Å². The molecule has 0 radical (unpaired) electrons. The zero-order valence-corrected chi connectivity index (χ0v) is 10.8. The van der Waals surface area contributed by atoms with Gasteiger partial charge in [-0.05, 0) is 18.6 Å². The SMILES string of the molecule is CCC(=Nc1ccccc1N)c1c(O)[nH]c(=O)[nH]c1=O. The number of nitrogens with two attached hydrogens (primary N) is 1. The molecule has 5 N–H and O–H groups in total. The summed E-state index contributed by atoms with van der Waals surface area (Å²) in [6, 6.07) is 6.91. The molecule has 0 aliphatic heterocycles. The topological polar surface area (TPSA) is 124 Å². The van der Waals surface area contributed by atoms with Gasteiger partial charge in [-0.25, -0.2) is 4.79 Å². The van der Waals surface area contributed by atoms with E-state index in [1.807, 2.05) is 0 Å². The van der Waals surface area contributed by atoms with Crippen molar-refractivity contribution in [2.24, 2.45) is 4.99 Å². The third kappa shape index (κ3) is 2.61. The Morgan fingerprint density at radius 2 is 2.00 bits per heavy atom. The average molecular weight is 274 g/mol. The maximum atomic E-state index is 11.8. The molecule has 2 aromatic rings. The van der Waals surface area contributed by atoms with Crippen molar-refractivity contribution >= 4 is 17.1 Å². The largest absolute Gasteiger partial charge is 0.494 e. The first-order valence-electron chi connectivity index (χ1n) is 6.01. The number of aromatic amines is 2. The second kappa shape index (κ2) is 5.43. The number of anilines is 1. The molecule has 104 valence electrons. The number of aromatic nitrogens is 2. The molecule has 1 heterocycles. The minimum atomic E-state index is -0.772. The Morgan fingerprint density at radius 3 is 2.60 bits per heavy atom. The highest BCUT2D eigenvalue weighted by Crippen LogP contribution is 2.23. The van der Waals surface area contributed by atoms with Crippen LogP contribution < -0.4 is 17.0 Å². The van der Waals surface area contributed by atoms with E-state index in [1.54, 1.807) is 31.2 Å². The van der Waals surface area contributed by atoms with Crippen LogP contribution in [-0.2, 0) is 0 Å². The molecule has 0 amide bonds. The van der Waals surface area contributed by atoms with Crippen molar-refractivity contribution < 1.29 is 5.11 Å². The van der Waals surface area contributed by atoms with Gasteiger partial charge in [0.15, 0.2) is 0 Å². The van der Waals surface area contributed by atoms with Crippen LogP contribution in [0.1, 0.15) is 18.9 Å². The van der Waals surface area contributed by atoms with Crippen LogP contribution in [0.2, 0.25) is 0 Å². The van der Waals surface area contributed by atoms with Gasteiger partial charge in [0.2, 0.25) is 5.88 Å². The van der Waals surface area contributed by atoms with Gasteiger partial charge in [0.05, 0.1) is 17.1 Å². The minimum absolute atomic E-state index is 0.0599. The molecular weight excluding hydrogens is 260 g/mol. The first kappa shape index (κ1) is 13.6. The van der Waals surface area contributed by atoms with E-state index >= 15 is 0 Å². The Morgan fingerprint density at radius 1 is 1.30 bits per heavy atom. The molecule has 0 aliphatic rings. The lowest BCUT2D eigenvalue weighted by atomic mass is 10.1. The zero-order valence-electron chi connectivity index (χ0n) is 10.8. The van der Waals surface area contributed by atoms with Crippen LogP contribution in [0.5, 0.6) is 5.88 Å². The van der Waals surface area contributed by atoms with Crippen LogP contribution in [0.15, 0.2) is 38.8 Å². The maximum absolute atomic E-state index is 11.8. The molecule has 0 aliphatic carbocycles. The number of aliphatic imine (C=N–C) groups is 1. The summed E-state index contributed by atoms with van der Waals surface area (Å²) in [7, 11) is 0. The van der Waals surface area contributed by atoms with Crippen LogP contribution in [0, 0.1) is 0 Å². The Kier molecular flexibility index (Phi) is 3.69. The Balaban J connectivity index is 2.63. The molecule has 2 rings (SSSR count). The van der Waals surface area contributed by atoms with Crippen molar-refractivity contribution in [2.45, 2.75) is 13.3 Å². The standard InChI is InChI=1S/C13H14N4O3/c1-2-8(15-9-6-4-3-5-7(9)14)10-11(18)16-13(20)17-12(10)19/h3-6H,2,14H2,1H3,(H3,16,17,18,19,20). The molecular formula is C13H14N4O3. The monoisotopic (exact) mass is 274 g/mol. The van der Waals surface area contributed by atoms with E-state index in [4.69, 9.17) is 5.73 Å². The molecule has 0 unspecified atom stereocenters. The van der Waals surface area contributed by atoms with E-state index in [0.717, 1.165) is 0 Å². The van der Waals surface area contributed by atoms with Gasteiger partial charge in [-0.1, -0.05) is 19.1 Å². The molecule has 20 heavy (non-hydrogen) atoms. The predicted molar refractivity (Wildman–Crippen MR) is 76.7 cm³/mol. The lowest BCUT2D eigenvalue weighted by Gasteiger charge is -2.06. The van der Waals surface area contributed by atoms with Gasteiger partial charge in [-0.3, -0.25) is 19.8 Å². The molecule has 0 saturated heterocycles. The Labute approximate surface area is 113 Å². The molecule has 7 nitrogen and oxygen atoms in total. The number of nitrogens with one attached hydrogen (secondary N) is 2. The molecule has 1 aromatic heterocycles.